The number of nitrogens with one attached hydrogen (secondary N) is 1. The minimum Gasteiger partial charge on any atom is -0.497 e. The molecule has 116 valence electrons. The second kappa shape index (κ2) is 5.87. The highest BCUT2D eigenvalue weighted by atomic mass is 16.5. The lowest BCUT2D eigenvalue weighted by molar-refractivity contribution is 0.0929. The highest BCUT2D eigenvalue weighted by Gasteiger charge is 2.46. The average molecular weight is 299 g/mol. The highest BCUT2D eigenvalue weighted by molar-refractivity contribution is 5.96. The number of hydrogen-bond acceptors (Lipinski definition) is 3. The maximum Gasteiger partial charge on any atom is 0.255 e. The molecule has 1 aliphatic rings. The van der Waals surface area contributed by atoms with Crippen LogP contribution in [0.25, 0.3) is 0 Å². The summed E-state index contributed by atoms with van der Waals surface area (Å²) in [5.41, 5.74) is 1.55. The van der Waals surface area contributed by atoms with Gasteiger partial charge in [0.1, 0.15) is 11.5 Å². The zero-order chi connectivity index (χ0) is 15.6. The molecular formula is C18H21NO3. The smallest absolute Gasteiger partial charge is 0.255 e. The second-order valence-corrected chi connectivity index (χ2v) is 5.77. The predicted molar refractivity (Wildman–Crippen MR) is 84.1 cm³/mol. The Bertz CT molecular complexity index is 653. The van der Waals surface area contributed by atoms with Crippen LogP contribution in [-0.4, -0.2) is 13.0 Å². The Kier molecular flexibility index (Phi) is 3.92. The molecule has 0 atom stereocenters. The van der Waals surface area contributed by atoms with Crippen LogP contribution in [0.15, 0.2) is 41.0 Å². The van der Waals surface area contributed by atoms with Gasteiger partial charge in [-0.3, -0.25) is 4.79 Å². The van der Waals surface area contributed by atoms with Crippen LogP contribution in [0, 0.1) is 0 Å². The van der Waals surface area contributed by atoms with Crippen LogP contribution in [0.5, 0.6) is 5.75 Å². The number of amides is 1. The van der Waals surface area contributed by atoms with Crippen molar-refractivity contribution < 1.29 is 13.9 Å². The summed E-state index contributed by atoms with van der Waals surface area (Å²) >= 11 is 0. The third-order valence-corrected chi connectivity index (χ3v) is 4.21. The van der Waals surface area contributed by atoms with Crippen molar-refractivity contribution in [3.05, 3.63) is 53.5 Å². The first-order valence-corrected chi connectivity index (χ1v) is 7.72. The van der Waals surface area contributed by atoms with Crippen molar-refractivity contribution in [3.63, 3.8) is 0 Å². The lowest BCUT2D eigenvalue weighted by Crippen LogP contribution is -2.35. The number of aryl methyl sites for hydroxylation is 1. The molecule has 1 saturated carbocycles. The maximum absolute atomic E-state index is 12.6. The molecule has 22 heavy (non-hydrogen) atoms. The predicted octanol–water partition coefficient (Wildman–Crippen LogP) is 3.66. The van der Waals surface area contributed by atoms with Gasteiger partial charge in [0.2, 0.25) is 0 Å². The lowest BCUT2D eigenvalue weighted by atomic mass is 10.0. The van der Waals surface area contributed by atoms with E-state index in [1.807, 2.05) is 24.3 Å². The Morgan fingerprint density at radius 1 is 1.27 bits per heavy atom. The van der Waals surface area contributed by atoms with E-state index in [0.717, 1.165) is 42.8 Å². The molecule has 4 nitrogen and oxygen atoms in total. The van der Waals surface area contributed by atoms with Crippen LogP contribution < -0.4 is 10.1 Å². The van der Waals surface area contributed by atoms with Crippen molar-refractivity contribution in [2.75, 3.05) is 7.11 Å². The molecule has 2 aromatic rings. The molecular weight excluding hydrogens is 278 g/mol. The number of carbonyl (C=O) groups excluding carboxylic acids is 1. The lowest BCUT2D eigenvalue weighted by Gasteiger charge is -2.18. The van der Waals surface area contributed by atoms with E-state index in [1.54, 1.807) is 19.4 Å². The van der Waals surface area contributed by atoms with E-state index in [1.165, 1.54) is 0 Å². The Labute approximate surface area is 130 Å². The molecule has 1 aromatic carbocycles. The van der Waals surface area contributed by atoms with E-state index < -0.39 is 0 Å². The minimum absolute atomic E-state index is 0.0504. The zero-order valence-electron chi connectivity index (χ0n) is 13.0. The van der Waals surface area contributed by atoms with Gasteiger partial charge in [-0.05, 0) is 43.0 Å². The first kappa shape index (κ1) is 14.7. The summed E-state index contributed by atoms with van der Waals surface area (Å²) in [4.78, 5) is 12.6. The number of hydrogen-bond donors (Lipinski definition) is 1. The standard InChI is InChI=1S/C18H21NO3/c1-3-4-16-15(9-12-22-16)17(20)19-18(10-11-18)13-5-7-14(21-2)8-6-13/h5-9,12H,3-4,10-11H2,1-2H3,(H,19,20). The van der Waals surface area contributed by atoms with Crippen LogP contribution in [0.2, 0.25) is 0 Å². The van der Waals surface area contributed by atoms with Gasteiger partial charge < -0.3 is 14.5 Å². The first-order valence-electron chi connectivity index (χ1n) is 7.72. The van der Waals surface area contributed by atoms with Crippen molar-refractivity contribution in [1.29, 1.82) is 0 Å². The molecule has 0 aliphatic heterocycles. The molecule has 0 unspecified atom stereocenters. The number of furan rings is 1. The van der Waals surface area contributed by atoms with Crippen molar-refractivity contribution in [2.45, 2.75) is 38.1 Å². The van der Waals surface area contributed by atoms with Gasteiger partial charge in [-0.1, -0.05) is 19.1 Å². The summed E-state index contributed by atoms with van der Waals surface area (Å²) in [6.45, 7) is 2.07. The summed E-state index contributed by atoms with van der Waals surface area (Å²) in [6.07, 6.45) is 5.26. The molecule has 1 amide bonds. The Morgan fingerprint density at radius 3 is 2.59 bits per heavy atom. The number of ether oxygens (including phenoxy) is 1. The van der Waals surface area contributed by atoms with Gasteiger partial charge in [0.25, 0.3) is 5.91 Å². The summed E-state index contributed by atoms with van der Waals surface area (Å²) in [6, 6.07) is 9.66. The van der Waals surface area contributed by atoms with Gasteiger partial charge in [-0.15, -0.1) is 0 Å². The summed E-state index contributed by atoms with van der Waals surface area (Å²) in [7, 11) is 1.65. The topological polar surface area (TPSA) is 51.5 Å². The van der Waals surface area contributed by atoms with Gasteiger partial charge >= 0.3 is 0 Å². The maximum atomic E-state index is 12.6. The van der Waals surface area contributed by atoms with Crippen LogP contribution in [0.4, 0.5) is 0 Å². The van der Waals surface area contributed by atoms with Gasteiger partial charge in [0.15, 0.2) is 0 Å². The van der Waals surface area contributed by atoms with Crippen molar-refractivity contribution in [3.8, 4) is 5.75 Å². The molecule has 1 heterocycles. The quantitative estimate of drug-likeness (QED) is 0.885. The number of carbonyl (C=O) groups is 1. The summed E-state index contributed by atoms with van der Waals surface area (Å²) < 4.78 is 10.6. The van der Waals surface area contributed by atoms with Gasteiger partial charge in [-0.25, -0.2) is 0 Å². The first-order chi connectivity index (χ1) is 10.7. The zero-order valence-corrected chi connectivity index (χ0v) is 13.0. The Morgan fingerprint density at radius 2 is 2.00 bits per heavy atom. The van der Waals surface area contributed by atoms with E-state index in [-0.39, 0.29) is 11.4 Å². The number of benzene rings is 1. The van der Waals surface area contributed by atoms with Gasteiger partial charge in [0, 0.05) is 6.42 Å². The Hall–Kier alpha value is -2.23. The molecule has 0 saturated heterocycles. The summed E-state index contributed by atoms with van der Waals surface area (Å²) in [5, 5.41) is 3.18. The van der Waals surface area contributed by atoms with Crippen LogP contribution in [-0.2, 0) is 12.0 Å². The molecule has 1 aromatic heterocycles. The normalized spacial score (nSPS) is 15.4. The summed E-state index contributed by atoms with van der Waals surface area (Å²) in [5.74, 6) is 1.54. The Balaban J connectivity index is 1.76. The largest absolute Gasteiger partial charge is 0.497 e. The fourth-order valence-corrected chi connectivity index (χ4v) is 2.77. The SMILES string of the molecule is CCCc1occc1C(=O)NC1(c2ccc(OC)cc2)CC1. The minimum atomic E-state index is -0.232. The van der Waals surface area contributed by atoms with Crippen LogP contribution >= 0.6 is 0 Å². The van der Waals surface area contributed by atoms with Crippen molar-refractivity contribution in [1.82, 2.24) is 5.32 Å². The van der Waals surface area contributed by atoms with Gasteiger partial charge in [-0.2, -0.15) is 0 Å². The van der Waals surface area contributed by atoms with Gasteiger partial charge in [0.05, 0.1) is 24.5 Å². The number of methoxy groups -OCH3 is 1. The molecule has 1 fully saturated rings. The average Bonchev–Trinajstić information content (AvgIpc) is 3.16. The highest BCUT2D eigenvalue weighted by Crippen LogP contribution is 2.46. The third kappa shape index (κ3) is 2.73. The van der Waals surface area contributed by atoms with E-state index in [9.17, 15) is 4.79 Å². The second-order valence-electron chi connectivity index (χ2n) is 5.77. The van der Waals surface area contributed by atoms with Crippen molar-refractivity contribution >= 4 is 5.91 Å². The molecule has 1 N–H and O–H groups in total. The molecule has 0 bridgehead atoms. The van der Waals surface area contributed by atoms with E-state index >= 15 is 0 Å². The van der Waals surface area contributed by atoms with E-state index in [0.29, 0.717) is 5.56 Å². The fourth-order valence-electron chi connectivity index (χ4n) is 2.77. The molecule has 3 rings (SSSR count). The number of rotatable bonds is 6. The monoisotopic (exact) mass is 299 g/mol. The van der Waals surface area contributed by atoms with Crippen LogP contribution in [0.3, 0.4) is 0 Å². The fraction of sp³-hybridized carbons (Fsp3) is 0.389. The molecule has 4 heteroatoms. The van der Waals surface area contributed by atoms with E-state index in [2.05, 4.69) is 12.2 Å². The van der Waals surface area contributed by atoms with Crippen LogP contribution in [0.1, 0.15) is 47.9 Å². The third-order valence-electron chi connectivity index (χ3n) is 4.21. The molecule has 1 aliphatic carbocycles. The molecule has 0 spiro atoms. The van der Waals surface area contributed by atoms with E-state index in [4.69, 9.17) is 9.15 Å². The molecule has 0 radical (unpaired) electrons. The van der Waals surface area contributed by atoms with Crippen molar-refractivity contribution in [2.24, 2.45) is 0 Å².